The number of hydrogen-bond donors (Lipinski definition) is 0. The molecule has 0 spiro atoms. The van der Waals surface area contributed by atoms with Crippen LogP contribution in [0.1, 0.15) is 54.9 Å². The van der Waals surface area contributed by atoms with Crippen molar-refractivity contribution >= 4 is 13.2 Å². The molecule has 2 aliphatic rings. The van der Waals surface area contributed by atoms with Gasteiger partial charge in [-0.3, -0.25) is 0 Å². The molecule has 5 nitrogen and oxygen atoms in total. The van der Waals surface area contributed by atoms with Gasteiger partial charge >= 0.3 is 13.2 Å². The predicted molar refractivity (Wildman–Crippen MR) is 91.2 cm³/mol. The van der Waals surface area contributed by atoms with Crippen LogP contribution in [-0.4, -0.2) is 49.0 Å². The van der Waals surface area contributed by atoms with Crippen molar-refractivity contribution in [1.82, 2.24) is 4.90 Å². The molecule has 0 aliphatic carbocycles. The van der Waals surface area contributed by atoms with Crippen molar-refractivity contribution in [3.8, 4) is 0 Å². The Morgan fingerprint density at radius 1 is 1.30 bits per heavy atom. The fourth-order valence-electron chi connectivity index (χ4n) is 2.49. The van der Waals surface area contributed by atoms with Crippen molar-refractivity contribution in [3.63, 3.8) is 0 Å². The number of rotatable bonds is 1. The number of carbonyl (C=O) groups is 1. The van der Waals surface area contributed by atoms with Crippen molar-refractivity contribution in [2.45, 2.75) is 66.1 Å². The molecule has 2 aliphatic heterocycles. The smallest absolute Gasteiger partial charge is 0.444 e. The molecule has 1 fully saturated rings. The van der Waals surface area contributed by atoms with Crippen molar-refractivity contribution in [2.75, 3.05) is 19.7 Å². The van der Waals surface area contributed by atoms with Gasteiger partial charge in [0.15, 0.2) is 0 Å². The molecule has 2 heterocycles. The highest BCUT2D eigenvalue weighted by atomic mass is 16.6. The highest BCUT2D eigenvalue weighted by Gasteiger charge is 2.47. The van der Waals surface area contributed by atoms with Crippen LogP contribution < -0.4 is 0 Å². The lowest BCUT2D eigenvalue weighted by atomic mass is 9.67. The minimum atomic E-state index is -0.466. The zero-order chi connectivity index (χ0) is 17.5. The highest BCUT2D eigenvalue weighted by Crippen LogP contribution is 2.39. The van der Waals surface area contributed by atoms with E-state index in [0.29, 0.717) is 19.7 Å². The Hall–Kier alpha value is -1.01. The normalized spacial score (nSPS) is 24.2. The van der Waals surface area contributed by atoms with E-state index in [4.69, 9.17) is 14.0 Å². The van der Waals surface area contributed by atoms with Gasteiger partial charge in [0.05, 0.1) is 5.60 Å². The van der Waals surface area contributed by atoms with Crippen LogP contribution in [-0.2, 0) is 14.0 Å². The second-order valence-corrected chi connectivity index (χ2v) is 8.61. The van der Waals surface area contributed by atoms with E-state index in [9.17, 15) is 4.79 Å². The third kappa shape index (κ3) is 4.30. The molecule has 0 bridgehead atoms. The average Bonchev–Trinajstić information content (AvgIpc) is 2.40. The van der Waals surface area contributed by atoms with Crippen LogP contribution in [0.3, 0.4) is 0 Å². The maximum Gasteiger partial charge on any atom is 0.489 e. The summed E-state index contributed by atoms with van der Waals surface area (Å²) in [5, 5.41) is 0. The van der Waals surface area contributed by atoms with Gasteiger partial charge in [0.2, 0.25) is 0 Å². The van der Waals surface area contributed by atoms with E-state index in [0.717, 1.165) is 11.9 Å². The van der Waals surface area contributed by atoms with Crippen LogP contribution >= 0.6 is 0 Å². The Balaban J connectivity index is 1.96. The number of amides is 1. The summed E-state index contributed by atoms with van der Waals surface area (Å²) < 4.78 is 17.5. The molecule has 0 aromatic heterocycles. The van der Waals surface area contributed by atoms with Crippen LogP contribution in [0.4, 0.5) is 4.79 Å². The molecule has 23 heavy (non-hydrogen) atoms. The average molecular weight is 323 g/mol. The third-order valence-corrected chi connectivity index (χ3v) is 4.83. The van der Waals surface area contributed by atoms with Crippen LogP contribution in [0, 0.1) is 5.41 Å². The summed E-state index contributed by atoms with van der Waals surface area (Å²) >= 11 is 0. The molecule has 130 valence electrons. The van der Waals surface area contributed by atoms with E-state index in [2.05, 4.69) is 27.7 Å². The SMILES string of the molecule is CC(C)(C)OC(=O)N1CC=C(B2OCC(C)(C)C(C)(C)O2)CC1. The molecule has 0 radical (unpaired) electrons. The molecule has 0 aromatic carbocycles. The van der Waals surface area contributed by atoms with Crippen molar-refractivity contribution < 1.29 is 18.8 Å². The van der Waals surface area contributed by atoms with Gasteiger partial charge in [-0.05, 0) is 46.5 Å². The van der Waals surface area contributed by atoms with Crippen molar-refractivity contribution in [3.05, 3.63) is 11.5 Å². The lowest BCUT2D eigenvalue weighted by molar-refractivity contribution is -0.0956. The van der Waals surface area contributed by atoms with E-state index in [1.165, 1.54) is 0 Å². The van der Waals surface area contributed by atoms with Crippen LogP contribution in [0.15, 0.2) is 11.5 Å². The summed E-state index contributed by atoms with van der Waals surface area (Å²) in [6, 6.07) is 0. The van der Waals surface area contributed by atoms with Gasteiger partial charge in [0, 0.05) is 25.1 Å². The molecule has 0 atom stereocenters. The highest BCUT2D eigenvalue weighted by molar-refractivity contribution is 6.54. The van der Waals surface area contributed by atoms with E-state index in [1.807, 2.05) is 26.8 Å². The maximum absolute atomic E-state index is 12.1. The first-order chi connectivity index (χ1) is 10.4. The second kappa shape index (κ2) is 6.13. The first-order valence-electron chi connectivity index (χ1n) is 8.38. The van der Waals surface area contributed by atoms with Gasteiger partial charge in [-0.25, -0.2) is 4.79 Å². The standard InChI is InChI=1S/C17H30BNO4/c1-15(2,3)22-14(20)19-10-8-13(9-11-19)18-21-12-16(4,5)17(6,7)23-18/h8H,9-12H2,1-7H3. The van der Waals surface area contributed by atoms with Gasteiger partial charge in [-0.2, -0.15) is 0 Å². The van der Waals surface area contributed by atoms with Crippen molar-refractivity contribution in [1.29, 1.82) is 0 Å². The Kier molecular flexibility index (Phi) is 4.89. The van der Waals surface area contributed by atoms with E-state index < -0.39 is 5.60 Å². The first-order valence-corrected chi connectivity index (χ1v) is 8.38. The van der Waals surface area contributed by atoms with E-state index >= 15 is 0 Å². The lowest BCUT2D eigenvalue weighted by Gasteiger charge is -2.48. The van der Waals surface area contributed by atoms with Crippen LogP contribution in [0.25, 0.3) is 0 Å². The molecule has 1 saturated heterocycles. The summed E-state index contributed by atoms with van der Waals surface area (Å²) in [5.41, 5.74) is 0.375. The topological polar surface area (TPSA) is 48.0 Å². The number of carbonyl (C=O) groups excluding carboxylic acids is 1. The summed E-state index contributed by atoms with van der Waals surface area (Å²) in [6.45, 7) is 16.0. The molecule has 0 unspecified atom stereocenters. The van der Waals surface area contributed by atoms with Gasteiger partial charge in [0.25, 0.3) is 0 Å². The van der Waals surface area contributed by atoms with Gasteiger partial charge in [0.1, 0.15) is 5.60 Å². The Labute approximate surface area is 140 Å². The van der Waals surface area contributed by atoms with E-state index in [-0.39, 0.29) is 24.2 Å². The molecule has 6 heteroatoms. The first kappa shape index (κ1) is 18.3. The van der Waals surface area contributed by atoms with Crippen LogP contribution in [0.5, 0.6) is 0 Å². The molecule has 2 rings (SSSR count). The minimum Gasteiger partial charge on any atom is -0.444 e. The molecule has 0 N–H and O–H groups in total. The zero-order valence-corrected chi connectivity index (χ0v) is 15.6. The van der Waals surface area contributed by atoms with Gasteiger partial charge in [-0.15, -0.1) is 0 Å². The fraction of sp³-hybridized carbons (Fsp3) is 0.824. The monoisotopic (exact) mass is 323 g/mol. The maximum atomic E-state index is 12.1. The Bertz CT molecular complexity index is 493. The lowest BCUT2D eigenvalue weighted by Crippen LogP contribution is -2.55. The third-order valence-electron chi connectivity index (χ3n) is 4.83. The quantitative estimate of drug-likeness (QED) is 0.694. The number of ether oxygens (including phenoxy) is 1. The van der Waals surface area contributed by atoms with E-state index in [1.54, 1.807) is 4.90 Å². The Morgan fingerprint density at radius 2 is 1.96 bits per heavy atom. The summed E-state index contributed by atoms with van der Waals surface area (Å²) in [6.07, 6.45) is 2.52. The minimum absolute atomic E-state index is 0.0265. The van der Waals surface area contributed by atoms with Crippen LogP contribution in [0.2, 0.25) is 0 Å². The van der Waals surface area contributed by atoms with Gasteiger partial charge < -0.3 is 18.9 Å². The molecule has 1 amide bonds. The zero-order valence-electron chi connectivity index (χ0n) is 15.6. The number of nitrogens with zero attached hydrogens (tertiary/aromatic N) is 1. The summed E-state index contributed by atoms with van der Waals surface area (Å²) in [5.74, 6) is 0. The summed E-state index contributed by atoms with van der Waals surface area (Å²) in [4.78, 5) is 13.8. The van der Waals surface area contributed by atoms with Gasteiger partial charge in [-0.1, -0.05) is 19.9 Å². The summed E-state index contributed by atoms with van der Waals surface area (Å²) in [7, 11) is -0.307. The fourth-order valence-corrected chi connectivity index (χ4v) is 2.49. The molecular formula is C17H30BNO4. The predicted octanol–water partition coefficient (Wildman–Crippen LogP) is 3.43. The number of hydrogen-bond acceptors (Lipinski definition) is 4. The molecule has 0 aromatic rings. The molecule has 0 saturated carbocycles. The largest absolute Gasteiger partial charge is 0.489 e. The van der Waals surface area contributed by atoms with Crippen molar-refractivity contribution in [2.24, 2.45) is 5.41 Å². The second-order valence-electron chi connectivity index (χ2n) is 8.61. The Morgan fingerprint density at radius 3 is 2.43 bits per heavy atom. The molecular weight excluding hydrogens is 293 g/mol.